The molecule has 1 aliphatic rings. The molecule has 1 aliphatic heterocycles. The van der Waals surface area contributed by atoms with Crippen LogP contribution in [0.2, 0.25) is 5.02 Å². The van der Waals surface area contributed by atoms with Gasteiger partial charge in [-0.05, 0) is 43.9 Å². The van der Waals surface area contributed by atoms with E-state index in [-0.39, 0.29) is 4.90 Å². The molecule has 2 heterocycles. The van der Waals surface area contributed by atoms with Gasteiger partial charge < -0.3 is 0 Å². The summed E-state index contributed by atoms with van der Waals surface area (Å²) in [5.74, 6) is 0. The van der Waals surface area contributed by atoms with E-state index in [9.17, 15) is 8.42 Å². The third kappa shape index (κ3) is 2.21. The average Bonchev–Trinajstić information content (AvgIpc) is 2.83. The largest absolute Gasteiger partial charge is 0.272 e. The Balaban J connectivity index is 2.20. The molecule has 0 unspecified atom stereocenters. The van der Waals surface area contributed by atoms with Crippen LogP contribution >= 0.6 is 11.6 Å². The normalized spacial score (nSPS) is 15.0. The molecule has 0 bridgehead atoms. The number of hydrogen-bond acceptors (Lipinski definition) is 3. The number of halogens is 1. The van der Waals surface area contributed by atoms with E-state index in [1.807, 2.05) is 19.1 Å². The zero-order valence-corrected chi connectivity index (χ0v) is 14.4. The van der Waals surface area contributed by atoms with Gasteiger partial charge in [-0.25, -0.2) is 8.42 Å². The molecule has 3 rings (SSSR count). The van der Waals surface area contributed by atoms with Crippen molar-refractivity contribution < 1.29 is 8.42 Å². The minimum absolute atomic E-state index is 0.252. The van der Waals surface area contributed by atoms with Gasteiger partial charge in [0, 0.05) is 18.6 Å². The molecule has 0 saturated heterocycles. The van der Waals surface area contributed by atoms with E-state index in [4.69, 9.17) is 11.6 Å². The van der Waals surface area contributed by atoms with Crippen LogP contribution in [0.15, 0.2) is 23.2 Å². The number of hydrogen-bond donors (Lipinski definition) is 0. The number of fused-ring (bicyclic) bond motifs is 1. The van der Waals surface area contributed by atoms with E-state index in [2.05, 4.69) is 5.10 Å². The second-order valence-electron chi connectivity index (χ2n) is 5.59. The van der Waals surface area contributed by atoms with E-state index in [0.717, 1.165) is 29.7 Å². The van der Waals surface area contributed by atoms with Crippen molar-refractivity contribution in [1.29, 1.82) is 0 Å². The van der Waals surface area contributed by atoms with Gasteiger partial charge in [-0.2, -0.15) is 5.10 Å². The lowest BCUT2D eigenvalue weighted by molar-refractivity contribution is 0.585. The minimum atomic E-state index is -3.63. The van der Waals surface area contributed by atoms with Gasteiger partial charge in [0.1, 0.15) is 4.90 Å². The molecule has 0 fully saturated rings. The maximum absolute atomic E-state index is 13.1. The highest BCUT2D eigenvalue weighted by Crippen LogP contribution is 2.38. The Kier molecular flexibility index (Phi) is 3.69. The third-order valence-corrected chi connectivity index (χ3v) is 6.48. The van der Waals surface area contributed by atoms with Crippen molar-refractivity contribution in [3.05, 3.63) is 40.2 Å². The van der Waals surface area contributed by atoms with Gasteiger partial charge in [0.25, 0.3) is 10.0 Å². The number of rotatable bonds is 2. The van der Waals surface area contributed by atoms with Crippen molar-refractivity contribution in [1.82, 2.24) is 9.78 Å². The summed E-state index contributed by atoms with van der Waals surface area (Å²) >= 11 is 6.27. The third-order valence-electron chi connectivity index (χ3n) is 4.22. The lowest BCUT2D eigenvalue weighted by atomic mass is 10.00. The fourth-order valence-electron chi connectivity index (χ4n) is 2.92. The topological polar surface area (TPSA) is 55.2 Å². The summed E-state index contributed by atoms with van der Waals surface area (Å²) in [4.78, 5) is 0.252. The lowest BCUT2D eigenvalue weighted by Crippen LogP contribution is -2.36. The first-order valence-corrected chi connectivity index (χ1v) is 8.95. The number of sulfonamides is 1. The highest BCUT2D eigenvalue weighted by Gasteiger charge is 2.33. The number of benzene rings is 1. The Hall–Kier alpha value is -1.53. The molecule has 2 aromatic rings. The van der Waals surface area contributed by atoms with E-state index in [1.165, 1.54) is 10.5 Å². The zero-order valence-electron chi connectivity index (χ0n) is 12.8. The molecule has 22 heavy (non-hydrogen) atoms. The maximum Gasteiger partial charge on any atom is 0.267 e. The second-order valence-corrected chi connectivity index (χ2v) is 7.83. The van der Waals surface area contributed by atoms with Crippen LogP contribution in [0, 0.1) is 13.8 Å². The quantitative estimate of drug-likeness (QED) is 0.845. The van der Waals surface area contributed by atoms with Crippen LogP contribution in [0.1, 0.15) is 23.2 Å². The fourth-order valence-corrected chi connectivity index (χ4v) is 4.95. The number of anilines is 1. The Labute approximate surface area is 135 Å². The molecule has 7 heteroatoms. The van der Waals surface area contributed by atoms with Gasteiger partial charge in [0.2, 0.25) is 0 Å². The first-order chi connectivity index (χ1) is 10.3. The summed E-state index contributed by atoms with van der Waals surface area (Å²) in [6.07, 6.45) is 2.97. The predicted octanol–water partition coefficient (Wildman–Crippen LogP) is 2.83. The molecular formula is C15H18ClN3O2S. The second kappa shape index (κ2) is 5.28. The van der Waals surface area contributed by atoms with Gasteiger partial charge in [0.15, 0.2) is 0 Å². The highest BCUT2D eigenvalue weighted by molar-refractivity contribution is 7.92. The summed E-state index contributed by atoms with van der Waals surface area (Å²) in [6, 6.07) is 3.70. The van der Waals surface area contributed by atoms with E-state index in [0.29, 0.717) is 17.3 Å². The molecule has 1 aromatic heterocycles. The summed E-state index contributed by atoms with van der Waals surface area (Å²) in [5.41, 5.74) is 3.19. The van der Waals surface area contributed by atoms with Crippen LogP contribution in [-0.4, -0.2) is 24.7 Å². The van der Waals surface area contributed by atoms with Crippen molar-refractivity contribution in [3.8, 4) is 0 Å². The monoisotopic (exact) mass is 339 g/mol. The molecule has 118 valence electrons. The van der Waals surface area contributed by atoms with Crippen LogP contribution < -0.4 is 4.31 Å². The maximum atomic E-state index is 13.1. The van der Waals surface area contributed by atoms with Crippen molar-refractivity contribution in [2.24, 2.45) is 7.05 Å². The first-order valence-electron chi connectivity index (χ1n) is 7.13. The van der Waals surface area contributed by atoms with Gasteiger partial charge in [0.05, 0.1) is 17.6 Å². The molecule has 0 aliphatic carbocycles. The van der Waals surface area contributed by atoms with Crippen molar-refractivity contribution >= 4 is 27.3 Å². The van der Waals surface area contributed by atoms with Crippen molar-refractivity contribution in [3.63, 3.8) is 0 Å². The van der Waals surface area contributed by atoms with Crippen LogP contribution in [0.3, 0.4) is 0 Å². The van der Waals surface area contributed by atoms with Gasteiger partial charge in [-0.3, -0.25) is 8.99 Å². The van der Waals surface area contributed by atoms with Gasteiger partial charge in [-0.15, -0.1) is 0 Å². The van der Waals surface area contributed by atoms with Crippen LogP contribution in [-0.2, 0) is 23.5 Å². The Morgan fingerprint density at radius 1 is 1.27 bits per heavy atom. The molecular weight excluding hydrogens is 322 g/mol. The Morgan fingerprint density at radius 2 is 2.00 bits per heavy atom. The smallest absolute Gasteiger partial charge is 0.267 e. The van der Waals surface area contributed by atoms with Gasteiger partial charge >= 0.3 is 0 Å². The van der Waals surface area contributed by atoms with E-state index in [1.54, 1.807) is 18.7 Å². The SMILES string of the molecule is Cc1ccc(Cl)c2c1N(S(=O)(=O)c1cnn(C)c1C)CCC2. The molecule has 5 nitrogen and oxygen atoms in total. The minimum Gasteiger partial charge on any atom is -0.272 e. The molecule has 0 N–H and O–H groups in total. The molecule has 0 radical (unpaired) electrons. The van der Waals surface area contributed by atoms with Crippen LogP contribution in [0.4, 0.5) is 5.69 Å². The standard InChI is InChI=1S/C15H18ClN3O2S/c1-10-6-7-13(16)12-5-4-8-19(15(10)12)22(20,21)14-9-17-18(3)11(14)2/h6-7,9H,4-5,8H2,1-3H3. The summed E-state index contributed by atoms with van der Waals surface area (Å²) in [5, 5.41) is 4.69. The van der Waals surface area contributed by atoms with E-state index < -0.39 is 10.0 Å². The number of aromatic nitrogens is 2. The molecule has 1 aromatic carbocycles. The van der Waals surface area contributed by atoms with Gasteiger partial charge in [-0.1, -0.05) is 17.7 Å². The average molecular weight is 340 g/mol. The summed E-state index contributed by atoms with van der Waals surface area (Å²) in [6.45, 7) is 4.14. The molecule has 0 spiro atoms. The molecule has 0 amide bonds. The Bertz CT molecular complexity index is 843. The zero-order chi connectivity index (χ0) is 16.1. The number of aryl methyl sites for hydroxylation is 2. The lowest BCUT2D eigenvalue weighted by Gasteiger charge is -2.32. The predicted molar refractivity (Wildman–Crippen MR) is 87.0 cm³/mol. The number of nitrogens with zero attached hydrogens (tertiary/aromatic N) is 3. The highest BCUT2D eigenvalue weighted by atomic mass is 35.5. The molecule has 0 atom stereocenters. The summed E-state index contributed by atoms with van der Waals surface area (Å²) < 4.78 is 29.2. The summed E-state index contributed by atoms with van der Waals surface area (Å²) in [7, 11) is -1.90. The van der Waals surface area contributed by atoms with E-state index >= 15 is 0 Å². The van der Waals surface area contributed by atoms with Crippen molar-refractivity contribution in [2.45, 2.75) is 31.6 Å². The fraction of sp³-hybridized carbons (Fsp3) is 0.400. The van der Waals surface area contributed by atoms with Crippen molar-refractivity contribution in [2.75, 3.05) is 10.8 Å². The van der Waals surface area contributed by atoms with Crippen LogP contribution in [0.25, 0.3) is 0 Å². The Morgan fingerprint density at radius 3 is 2.64 bits per heavy atom. The molecule has 0 saturated carbocycles. The first kappa shape index (κ1) is 15.4. The van der Waals surface area contributed by atoms with Crippen LogP contribution in [0.5, 0.6) is 0 Å².